The number of amides is 1. The van der Waals surface area contributed by atoms with Crippen LogP contribution in [-0.4, -0.2) is 38.2 Å². The molecule has 0 heterocycles. The van der Waals surface area contributed by atoms with Gasteiger partial charge in [-0.3, -0.25) is 4.79 Å². The van der Waals surface area contributed by atoms with Crippen LogP contribution in [0.1, 0.15) is 50.5 Å². The zero-order chi connectivity index (χ0) is 20.5. The lowest BCUT2D eigenvalue weighted by Gasteiger charge is -2.11. The van der Waals surface area contributed by atoms with E-state index in [2.05, 4.69) is 5.32 Å². The van der Waals surface area contributed by atoms with Crippen molar-refractivity contribution in [2.45, 2.75) is 20.5 Å². The molecule has 1 N–H and O–H groups in total. The average molecular weight is 385 g/mol. The molecule has 0 atom stereocenters. The molecule has 28 heavy (non-hydrogen) atoms. The third-order valence-electron chi connectivity index (χ3n) is 3.71. The zero-order valence-corrected chi connectivity index (χ0v) is 16.1. The first-order valence-electron chi connectivity index (χ1n) is 8.87. The summed E-state index contributed by atoms with van der Waals surface area (Å²) in [7, 11) is 1.57. The van der Waals surface area contributed by atoms with Gasteiger partial charge >= 0.3 is 11.9 Å². The predicted molar refractivity (Wildman–Crippen MR) is 103 cm³/mol. The monoisotopic (exact) mass is 385 g/mol. The van der Waals surface area contributed by atoms with E-state index >= 15 is 0 Å². The summed E-state index contributed by atoms with van der Waals surface area (Å²) in [6.45, 7) is 4.13. The Bertz CT molecular complexity index is 825. The second kappa shape index (κ2) is 10.2. The maximum Gasteiger partial charge on any atom is 0.338 e. The molecule has 0 fully saturated rings. The van der Waals surface area contributed by atoms with Crippen molar-refractivity contribution in [3.63, 3.8) is 0 Å². The van der Waals surface area contributed by atoms with Gasteiger partial charge in [-0.1, -0.05) is 12.1 Å². The van der Waals surface area contributed by atoms with Gasteiger partial charge in [0.25, 0.3) is 5.91 Å². The van der Waals surface area contributed by atoms with E-state index in [1.54, 1.807) is 39.2 Å². The second-order valence-corrected chi connectivity index (χ2v) is 5.83. The summed E-state index contributed by atoms with van der Waals surface area (Å²) in [6, 6.07) is 11.3. The van der Waals surface area contributed by atoms with Crippen molar-refractivity contribution in [1.82, 2.24) is 0 Å². The van der Waals surface area contributed by atoms with Crippen molar-refractivity contribution in [3.8, 4) is 0 Å². The Morgan fingerprint density at radius 2 is 1.46 bits per heavy atom. The molecule has 0 spiro atoms. The first-order chi connectivity index (χ1) is 13.5. The molecule has 0 aliphatic carbocycles. The Morgan fingerprint density at radius 1 is 0.857 bits per heavy atom. The maximum absolute atomic E-state index is 12.6. The van der Waals surface area contributed by atoms with Crippen LogP contribution in [0.5, 0.6) is 0 Å². The molecule has 0 bridgehead atoms. The second-order valence-electron chi connectivity index (χ2n) is 5.83. The van der Waals surface area contributed by atoms with Crippen molar-refractivity contribution in [2.24, 2.45) is 0 Å². The number of rotatable bonds is 8. The molecule has 0 aliphatic heterocycles. The number of carbonyl (C=O) groups excluding carboxylic acids is 3. The Kier molecular flexibility index (Phi) is 7.71. The summed E-state index contributed by atoms with van der Waals surface area (Å²) in [5.74, 6) is -1.56. The summed E-state index contributed by atoms with van der Waals surface area (Å²) in [5.41, 5.74) is 1.86. The molecule has 2 aromatic carbocycles. The van der Waals surface area contributed by atoms with Crippen LogP contribution in [0.25, 0.3) is 0 Å². The smallest absolute Gasteiger partial charge is 0.338 e. The van der Waals surface area contributed by atoms with E-state index in [4.69, 9.17) is 14.2 Å². The lowest BCUT2D eigenvalue weighted by Crippen LogP contribution is -2.15. The van der Waals surface area contributed by atoms with E-state index in [1.807, 2.05) is 6.07 Å². The quantitative estimate of drug-likeness (QED) is 0.700. The Morgan fingerprint density at radius 3 is 2.00 bits per heavy atom. The molecule has 0 unspecified atom stereocenters. The number of methoxy groups -OCH3 is 1. The molecule has 2 aromatic rings. The van der Waals surface area contributed by atoms with Crippen molar-refractivity contribution in [3.05, 3.63) is 64.7 Å². The molecule has 7 heteroatoms. The third kappa shape index (κ3) is 5.65. The molecule has 7 nitrogen and oxygen atoms in total. The Labute approximate surface area is 163 Å². The van der Waals surface area contributed by atoms with Gasteiger partial charge in [0.1, 0.15) is 0 Å². The Balaban J connectivity index is 2.32. The number of carbonyl (C=O) groups is 3. The summed E-state index contributed by atoms with van der Waals surface area (Å²) in [5, 5.41) is 2.71. The molecule has 1 amide bonds. The molecule has 0 aliphatic rings. The topological polar surface area (TPSA) is 90.9 Å². The van der Waals surface area contributed by atoms with Crippen molar-refractivity contribution in [1.29, 1.82) is 0 Å². The molecule has 148 valence electrons. The van der Waals surface area contributed by atoms with E-state index in [0.717, 1.165) is 5.56 Å². The minimum atomic E-state index is -0.591. The molecule has 0 aromatic heterocycles. The first kappa shape index (κ1) is 21.1. The third-order valence-corrected chi connectivity index (χ3v) is 3.71. The van der Waals surface area contributed by atoms with Crippen LogP contribution in [0.4, 0.5) is 5.69 Å². The SMILES string of the molecule is CCOC(=O)c1cc(NC(=O)c2cccc(COC)c2)cc(C(=O)OCC)c1. The van der Waals surface area contributed by atoms with Gasteiger partial charge in [0.15, 0.2) is 0 Å². The highest BCUT2D eigenvalue weighted by Crippen LogP contribution is 2.19. The summed E-state index contributed by atoms with van der Waals surface area (Å²) < 4.78 is 15.1. The standard InChI is InChI=1S/C21H23NO6/c1-4-27-20(24)16-10-17(21(25)28-5-2)12-18(11-16)22-19(23)15-8-6-7-14(9-15)13-26-3/h6-12H,4-5,13H2,1-3H3,(H,22,23). The highest BCUT2D eigenvalue weighted by Gasteiger charge is 2.16. The van der Waals surface area contributed by atoms with Crippen LogP contribution >= 0.6 is 0 Å². The number of nitrogens with one attached hydrogen (secondary N) is 1. The number of benzene rings is 2. The highest BCUT2D eigenvalue weighted by atomic mass is 16.5. The van der Waals surface area contributed by atoms with Crippen LogP contribution in [0, 0.1) is 0 Å². The van der Waals surface area contributed by atoms with E-state index in [-0.39, 0.29) is 35.9 Å². The number of anilines is 1. The van der Waals surface area contributed by atoms with E-state index in [1.165, 1.54) is 18.2 Å². The number of ether oxygens (including phenoxy) is 3. The lowest BCUT2D eigenvalue weighted by molar-refractivity contribution is 0.0525. The molecular formula is C21H23NO6. The van der Waals surface area contributed by atoms with Crippen molar-refractivity contribution < 1.29 is 28.6 Å². The van der Waals surface area contributed by atoms with Crippen LogP contribution in [0.2, 0.25) is 0 Å². The fourth-order valence-electron chi connectivity index (χ4n) is 2.54. The van der Waals surface area contributed by atoms with Crippen LogP contribution in [0.15, 0.2) is 42.5 Å². The Hall–Kier alpha value is -3.19. The highest BCUT2D eigenvalue weighted by molar-refractivity contribution is 6.06. The first-order valence-corrected chi connectivity index (χ1v) is 8.87. The van der Waals surface area contributed by atoms with Gasteiger partial charge in [0.05, 0.1) is 30.9 Å². The van der Waals surface area contributed by atoms with E-state index in [0.29, 0.717) is 12.2 Å². The molecule has 0 radical (unpaired) electrons. The number of hydrogen-bond acceptors (Lipinski definition) is 6. The minimum absolute atomic E-state index is 0.149. The number of hydrogen-bond donors (Lipinski definition) is 1. The van der Waals surface area contributed by atoms with Crippen LogP contribution in [0.3, 0.4) is 0 Å². The zero-order valence-electron chi connectivity index (χ0n) is 16.1. The van der Waals surface area contributed by atoms with Gasteiger partial charge in [-0.15, -0.1) is 0 Å². The maximum atomic E-state index is 12.6. The van der Waals surface area contributed by atoms with Gasteiger partial charge in [-0.05, 0) is 49.7 Å². The molecular weight excluding hydrogens is 362 g/mol. The summed E-state index contributed by atoms with van der Waals surface area (Å²) >= 11 is 0. The molecule has 0 saturated carbocycles. The molecule has 2 rings (SSSR count). The van der Waals surface area contributed by atoms with Crippen LogP contribution in [-0.2, 0) is 20.8 Å². The van der Waals surface area contributed by atoms with Gasteiger partial charge in [0.2, 0.25) is 0 Å². The van der Waals surface area contributed by atoms with Gasteiger partial charge in [0, 0.05) is 18.4 Å². The molecule has 0 saturated heterocycles. The number of esters is 2. The van der Waals surface area contributed by atoms with Gasteiger partial charge in [-0.2, -0.15) is 0 Å². The predicted octanol–water partition coefficient (Wildman–Crippen LogP) is 3.44. The minimum Gasteiger partial charge on any atom is -0.462 e. The fraction of sp³-hybridized carbons (Fsp3) is 0.286. The van der Waals surface area contributed by atoms with Gasteiger partial charge < -0.3 is 19.5 Å². The fourth-order valence-corrected chi connectivity index (χ4v) is 2.54. The normalized spacial score (nSPS) is 10.2. The summed E-state index contributed by atoms with van der Waals surface area (Å²) in [6.07, 6.45) is 0. The van der Waals surface area contributed by atoms with Crippen molar-refractivity contribution in [2.75, 3.05) is 25.6 Å². The van der Waals surface area contributed by atoms with Gasteiger partial charge in [-0.25, -0.2) is 9.59 Å². The summed E-state index contributed by atoms with van der Waals surface area (Å²) in [4.78, 5) is 36.8. The van der Waals surface area contributed by atoms with Crippen molar-refractivity contribution >= 4 is 23.5 Å². The van der Waals surface area contributed by atoms with E-state index < -0.39 is 11.9 Å². The lowest BCUT2D eigenvalue weighted by atomic mass is 10.1. The largest absolute Gasteiger partial charge is 0.462 e. The van der Waals surface area contributed by atoms with Crippen LogP contribution < -0.4 is 5.32 Å². The van der Waals surface area contributed by atoms with E-state index in [9.17, 15) is 14.4 Å². The average Bonchev–Trinajstić information content (AvgIpc) is 2.68.